The van der Waals surface area contributed by atoms with Crippen molar-refractivity contribution in [2.24, 2.45) is 0 Å². The molecule has 126 valence electrons. The van der Waals surface area contributed by atoms with Crippen LogP contribution < -0.4 is 0 Å². The maximum atomic E-state index is 12.7. The third-order valence-electron chi connectivity index (χ3n) is 2.99. The predicted molar refractivity (Wildman–Crippen MR) is 78.9 cm³/mol. The van der Waals surface area contributed by atoms with Crippen molar-refractivity contribution in [3.05, 3.63) is 16.2 Å². The van der Waals surface area contributed by atoms with Gasteiger partial charge in [-0.2, -0.15) is 13.2 Å². The van der Waals surface area contributed by atoms with E-state index in [4.69, 9.17) is 0 Å². The van der Waals surface area contributed by atoms with Gasteiger partial charge in [0.25, 0.3) is 0 Å². The van der Waals surface area contributed by atoms with Gasteiger partial charge >= 0.3 is 6.18 Å². The average Bonchev–Trinajstić information content (AvgIpc) is 3.00. The Kier molecular flexibility index (Phi) is 5.03. The first-order chi connectivity index (χ1) is 10.7. The van der Waals surface area contributed by atoms with Crippen molar-refractivity contribution in [2.45, 2.75) is 32.5 Å². The normalized spacial score (nSPS) is 11.7. The van der Waals surface area contributed by atoms with Gasteiger partial charge in [-0.05, 0) is 6.92 Å². The quantitative estimate of drug-likeness (QED) is 0.832. The van der Waals surface area contributed by atoms with Gasteiger partial charge in [0, 0.05) is 32.3 Å². The van der Waals surface area contributed by atoms with Crippen molar-refractivity contribution >= 4 is 17.2 Å². The lowest BCUT2D eigenvalue weighted by Crippen LogP contribution is -2.24. The average molecular weight is 347 g/mol. The number of aromatic nitrogens is 4. The van der Waals surface area contributed by atoms with E-state index < -0.39 is 12.7 Å². The van der Waals surface area contributed by atoms with E-state index in [1.165, 1.54) is 16.2 Å². The number of thiazole rings is 1. The molecular formula is C13H16F3N5OS. The Balaban J connectivity index is 2.26. The van der Waals surface area contributed by atoms with E-state index in [1.54, 1.807) is 26.4 Å². The molecule has 2 aromatic heterocycles. The zero-order valence-electron chi connectivity index (χ0n) is 12.9. The predicted octanol–water partition coefficient (Wildman–Crippen LogP) is 2.29. The van der Waals surface area contributed by atoms with Crippen LogP contribution in [0, 0.1) is 6.92 Å². The third-order valence-corrected chi connectivity index (χ3v) is 3.76. The van der Waals surface area contributed by atoms with Crippen LogP contribution in [0.4, 0.5) is 13.2 Å². The lowest BCUT2D eigenvalue weighted by molar-refractivity contribution is -0.143. The van der Waals surface area contributed by atoms with Gasteiger partial charge in [-0.3, -0.25) is 4.79 Å². The molecule has 0 spiro atoms. The van der Waals surface area contributed by atoms with Gasteiger partial charge in [-0.25, -0.2) is 14.6 Å². The van der Waals surface area contributed by atoms with Gasteiger partial charge in [-0.15, -0.1) is 16.4 Å². The van der Waals surface area contributed by atoms with E-state index in [-0.39, 0.29) is 30.4 Å². The molecule has 0 saturated carbocycles. The van der Waals surface area contributed by atoms with Crippen LogP contribution in [0.3, 0.4) is 0 Å². The van der Waals surface area contributed by atoms with E-state index in [0.717, 1.165) is 9.69 Å². The molecule has 10 heteroatoms. The molecule has 0 aliphatic carbocycles. The molecule has 2 rings (SSSR count). The Morgan fingerprint density at radius 2 is 2.04 bits per heavy atom. The second-order valence-corrected chi connectivity index (χ2v) is 6.23. The Morgan fingerprint density at radius 3 is 2.57 bits per heavy atom. The summed E-state index contributed by atoms with van der Waals surface area (Å²) >= 11 is 1.37. The molecule has 2 aromatic rings. The maximum Gasteiger partial charge on any atom is 0.408 e. The summed E-state index contributed by atoms with van der Waals surface area (Å²) in [5, 5.41) is 6.37. The van der Waals surface area contributed by atoms with Crippen LogP contribution in [0.25, 0.3) is 11.5 Å². The van der Waals surface area contributed by atoms with Gasteiger partial charge in [0.2, 0.25) is 11.7 Å². The highest BCUT2D eigenvalue weighted by atomic mass is 32.1. The second kappa shape index (κ2) is 6.65. The lowest BCUT2D eigenvalue weighted by atomic mass is 10.2. The Labute approximate surface area is 135 Å². The molecule has 23 heavy (non-hydrogen) atoms. The summed E-state index contributed by atoms with van der Waals surface area (Å²) in [4.78, 5) is 21.3. The van der Waals surface area contributed by atoms with Gasteiger partial charge in [0.1, 0.15) is 18.1 Å². The molecule has 0 aromatic carbocycles. The number of rotatable bonds is 5. The van der Waals surface area contributed by atoms with Crippen LogP contribution in [0.5, 0.6) is 0 Å². The highest BCUT2D eigenvalue weighted by Gasteiger charge is 2.30. The van der Waals surface area contributed by atoms with Crippen molar-refractivity contribution in [2.75, 3.05) is 14.1 Å². The van der Waals surface area contributed by atoms with Crippen LogP contribution in [0.15, 0.2) is 5.38 Å². The van der Waals surface area contributed by atoms with Gasteiger partial charge in [0.15, 0.2) is 0 Å². The van der Waals surface area contributed by atoms with Crippen LogP contribution in [0.1, 0.15) is 17.3 Å². The van der Waals surface area contributed by atoms with Gasteiger partial charge < -0.3 is 4.90 Å². The largest absolute Gasteiger partial charge is 0.408 e. The molecule has 0 fully saturated rings. The molecule has 0 aliphatic heterocycles. The Morgan fingerprint density at radius 1 is 1.35 bits per heavy atom. The lowest BCUT2D eigenvalue weighted by Gasteiger charge is -2.11. The summed E-state index contributed by atoms with van der Waals surface area (Å²) in [5.41, 5.74) is 0.439. The number of halogens is 3. The fourth-order valence-electron chi connectivity index (χ4n) is 1.87. The Bertz CT molecular complexity index is 692. The summed E-state index contributed by atoms with van der Waals surface area (Å²) < 4.78 is 38.9. The first-order valence-corrected chi connectivity index (χ1v) is 7.67. The molecule has 0 aliphatic rings. The molecule has 0 bridgehead atoms. The summed E-state index contributed by atoms with van der Waals surface area (Å²) in [6.07, 6.45) is -4.26. The first kappa shape index (κ1) is 17.4. The number of aryl methyl sites for hydroxylation is 2. The molecule has 0 saturated heterocycles. The minimum Gasteiger partial charge on any atom is -0.349 e. The van der Waals surface area contributed by atoms with E-state index in [0.29, 0.717) is 5.69 Å². The number of nitrogens with zero attached hydrogens (tertiary/aromatic N) is 5. The van der Waals surface area contributed by atoms with Gasteiger partial charge in [0.05, 0.1) is 5.01 Å². The van der Waals surface area contributed by atoms with Crippen LogP contribution in [-0.4, -0.2) is 50.8 Å². The molecule has 0 atom stereocenters. The van der Waals surface area contributed by atoms with Crippen molar-refractivity contribution in [1.82, 2.24) is 24.6 Å². The highest BCUT2D eigenvalue weighted by Crippen LogP contribution is 2.22. The molecular weight excluding hydrogens is 331 g/mol. The number of carbonyl (C=O) groups excluding carboxylic acids is 1. The van der Waals surface area contributed by atoms with Crippen molar-refractivity contribution in [1.29, 1.82) is 0 Å². The zero-order valence-corrected chi connectivity index (χ0v) is 13.7. The molecule has 2 heterocycles. The monoisotopic (exact) mass is 347 g/mol. The number of alkyl halides is 3. The van der Waals surface area contributed by atoms with E-state index in [9.17, 15) is 18.0 Å². The van der Waals surface area contributed by atoms with Crippen LogP contribution in [-0.2, 0) is 17.8 Å². The first-order valence-electron chi connectivity index (χ1n) is 6.79. The van der Waals surface area contributed by atoms with Crippen LogP contribution >= 0.6 is 11.3 Å². The number of hydrogen-bond donors (Lipinski definition) is 0. The summed E-state index contributed by atoms with van der Waals surface area (Å²) in [7, 11) is 3.18. The van der Waals surface area contributed by atoms with Crippen molar-refractivity contribution in [3.8, 4) is 11.5 Å². The fourth-order valence-corrected chi connectivity index (χ4v) is 2.46. The van der Waals surface area contributed by atoms with Crippen LogP contribution in [0.2, 0.25) is 0 Å². The standard InChI is InChI=1S/C13H16F3N5OS/c1-8-17-9(6-23-8)12-18-10(4-5-11(22)20(2)3)21(19-12)7-13(14,15)16/h6H,4-5,7H2,1-3H3. The number of amides is 1. The van der Waals surface area contributed by atoms with Crippen molar-refractivity contribution < 1.29 is 18.0 Å². The SMILES string of the molecule is Cc1nc(-c2nc(CCC(=O)N(C)C)n(CC(F)(F)F)n2)cs1. The number of hydrogen-bond acceptors (Lipinski definition) is 5. The van der Waals surface area contributed by atoms with Gasteiger partial charge in [-0.1, -0.05) is 0 Å². The maximum absolute atomic E-state index is 12.7. The zero-order chi connectivity index (χ0) is 17.2. The fraction of sp³-hybridized carbons (Fsp3) is 0.538. The minimum absolute atomic E-state index is 0.0685. The summed E-state index contributed by atoms with van der Waals surface area (Å²) in [6.45, 7) is 0.548. The van der Waals surface area contributed by atoms with Crippen molar-refractivity contribution in [3.63, 3.8) is 0 Å². The second-order valence-electron chi connectivity index (χ2n) is 5.16. The molecule has 6 nitrogen and oxygen atoms in total. The third kappa shape index (κ3) is 4.75. The smallest absolute Gasteiger partial charge is 0.349 e. The topological polar surface area (TPSA) is 63.9 Å². The highest BCUT2D eigenvalue weighted by molar-refractivity contribution is 7.09. The molecule has 0 unspecified atom stereocenters. The summed E-state index contributed by atoms with van der Waals surface area (Å²) in [6, 6.07) is 0. The summed E-state index contributed by atoms with van der Waals surface area (Å²) in [5.74, 6) is 0.0849. The Hall–Kier alpha value is -1.97. The van der Waals surface area contributed by atoms with E-state index in [1.807, 2.05) is 0 Å². The molecule has 0 radical (unpaired) electrons. The minimum atomic E-state index is -4.41. The van der Waals surface area contributed by atoms with E-state index >= 15 is 0 Å². The van der Waals surface area contributed by atoms with E-state index in [2.05, 4.69) is 15.1 Å². The molecule has 1 amide bonds. The number of carbonyl (C=O) groups is 1. The molecule has 0 N–H and O–H groups in total.